The van der Waals surface area contributed by atoms with Crippen LogP contribution >= 0.6 is 0 Å². The molecule has 2 unspecified atom stereocenters. The Balaban J connectivity index is 0.879. The van der Waals surface area contributed by atoms with Gasteiger partial charge in [0.25, 0.3) is 0 Å². The van der Waals surface area contributed by atoms with Gasteiger partial charge in [0.05, 0.1) is 25.3 Å². The summed E-state index contributed by atoms with van der Waals surface area (Å²) >= 11 is 0. The van der Waals surface area contributed by atoms with E-state index in [0.29, 0.717) is 46.2 Å². The van der Waals surface area contributed by atoms with Crippen LogP contribution in [0.25, 0.3) is 11.0 Å². The highest BCUT2D eigenvalue weighted by Crippen LogP contribution is 2.42. The van der Waals surface area contributed by atoms with Crippen molar-refractivity contribution >= 4 is 28.7 Å². The van der Waals surface area contributed by atoms with Gasteiger partial charge in [0.1, 0.15) is 17.0 Å². The van der Waals surface area contributed by atoms with E-state index in [1.807, 2.05) is 12.1 Å². The third-order valence-corrected chi connectivity index (χ3v) is 10.8. The van der Waals surface area contributed by atoms with Crippen molar-refractivity contribution in [1.29, 1.82) is 0 Å². The molecule has 0 bridgehead atoms. The lowest BCUT2D eigenvalue weighted by molar-refractivity contribution is -0.144. The summed E-state index contributed by atoms with van der Waals surface area (Å²) < 4.78 is 15.9. The van der Waals surface area contributed by atoms with E-state index in [2.05, 4.69) is 85.8 Å². The number of carbonyl (C=O) groups excluding carboxylic acids is 2. The second-order valence-electron chi connectivity index (χ2n) is 14.3. The molecule has 10 heteroatoms. The van der Waals surface area contributed by atoms with Crippen molar-refractivity contribution in [3.63, 3.8) is 0 Å². The van der Waals surface area contributed by atoms with Gasteiger partial charge in [-0.1, -0.05) is 111 Å². The number of esters is 2. The number of allylic oxidation sites excluding steroid dienone is 1. The number of piperazine rings is 1. The van der Waals surface area contributed by atoms with Crippen molar-refractivity contribution in [3.8, 4) is 0 Å². The lowest BCUT2D eigenvalue weighted by Gasteiger charge is -2.39. The fraction of sp³-hybridized carbons (Fsp3) is 0.465. The molecular formula is C43H53N5O5. The minimum absolute atomic E-state index is 0.307. The number of aliphatic imine (C=N–C) groups is 1. The van der Waals surface area contributed by atoms with Crippen LogP contribution in [0.4, 0.5) is 0 Å². The van der Waals surface area contributed by atoms with E-state index in [4.69, 9.17) is 14.1 Å². The lowest BCUT2D eigenvalue weighted by Crippen LogP contribution is -2.48. The molecule has 1 aromatic heterocycles. The van der Waals surface area contributed by atoms with Crippen molar-refractivity contribution in [2.45, 2.75) is 77.2 Å². The molecule has 1 saturated heterocycles. The first-order valence-corrected chi connectivity index (χ1v) is 19.2. The van der Waals surface area contributed by atoms with Gasteiger partial charge in [0, 0.05) is 43.5 Å². The molecule has 0 radical (unpaired) electrons. The van der Waals surface area contributed by atoms with E-state index >= 15 is 0 Å². The van der Waals surface area contributed by atoms with Gasteiger partial charge in [-0.25, -0.2) is 9.42 Å². The van der Waals surface area contributed by atoms with Crippen LogP contribution in [0.5, 0.6) is 0 Å². The molecular weight excluding hydrogens is 667 g/mol. The molecule has 4 aromatic rings. The molecule has 1 fully saturated rings. The third kappa shape index (κ3) is 9.47. The molecule has 280 valence electrons. The summed E-state index contributed by atoms with van der Waals surface area (Å²) in [6.07, 6.45) is 9.07. The summed E-state index contributed by atoms with van der Waals surface area (Å²) in [5, 5.41) is 8.03. The topological polar surface area (TPSA) is 110 Å². The quantitative estimate of drug-likeness (QED) is 0.0794. The number of benzene rings is 3. The van der Waals surface area contributed by atoms with Crippen molar-refractivity contribution in [1.82, 2.24) is 20.1 Å². The summed E-state index contributed by atoms with van der Waals surface area (Å²) in [7, 11) is 1.34. The Bertz CT molecular complexity index is 1810. The summed E-state index contributed by atoms with van der Waals surface area (Å²) in [5.41, 5.74) is 5.85. The number of hydrogen-bond acceptors (Lipinski definition) is 10. The van der Waals surface area contributed by atoms with Crippen LogP contribution in [0.15, 0.2) is 99.8 Å². The molecule has 0 spiro atoms. The molecule has 6 rings (SSSR count). The Morgan fingerprint density at radius 1 is 0.774 bits per heavy atom. The highest BCUT2D eigenvalue weighted by atomic mass is 16.6. The fourth-order valence-electron chi connectivity index (χ4n) is 8.02. The van der Waals surface area contributed by atoms with Crippen LogP contribution in [-0.4, -0.2) is 84.2 Å². The molecule has 2 aliphatic rings. The maximum atomic E-state index is 13.6. The molecule has 0 amide bonds. The Morgan fingerprint density at radius 3 is 2.04 bits per heavy atom. The van der Waals surface area contributed by atoms with Gasteiger partial charge in [0.15, 0.2) is 0 Å². The van der Waals surface area contributed by atoms with Crippen LogP contribution in [0.3, 0.4) is 0 Å². The number of methoxy groups -OCH3 is 1. The summed E-state index contributed by atoms with van der Waals surface area (Å²) in [5.74, 6) is -2.42. The zero-order chi connectivity index (χ0) is 37.0. The number of hydrogen-bond donors (Lipinski definition) is 0. The van der Waals surface area contributed by atoms with Gasteiger partial charge in [0.2, 0.25) is 0 Å². The zero-order valence-electron chi connectivity index (χ0n) is 31.4. The highest BCUT2D eigenvalue weighted by Gasteiger charge is 2.43. The predicted molar refractivity (Wildman–Crippen MR) is 206 cm³/mol. The monoisotopic (exact) mass is 719 g/mol. The Labute approximate surface area is 313 Å². The lowest BCUT2D eigenvalue weighted by atomic mass is 9.75. The molecule has 0 N–H and O–H groups in total. The molecule has 10 nitrogen and oxygen atoms in total. The molecule has 2 atom stereocenters. The van der Waals surface area contributed by atoms with Gasteiger partial charge in [-0.3, -0.25) is 14.7 Å². The fourth-order valence-corrected chi connectivity index (χ4v) is 8.02. The number of rotatable bonds is 17. The van der Waals surface area contributed by atoms with Gasteiger partial charge < -0.3 is 14.4 Å². The SMILES string of the molecule is COC(=O)C1C(C)=NC(C)=C(C(=O)OCCCCCCCCCCN2CCN(C(c3ccccc3)c3ccccc3)CC2)C1c1cccc2nonc12. The Kier molecular flexibility index (Phi) is 13.6. The van der Waals surface area contributed by atoms with Crippen molar-refractivity contribution in [3.05, 3.63) is 107 Å². The normalized spacial score (nSPS) is 18.4. The first kappa shape index (κ1) is 38.1. The number of aromatic nitrogens is 2. The smallest absolute Gasteiger partial charge is 0.336 e. The Hall–Kier alpha value is -4.67. The summed E-state index contributed by atoms with van der Waals surface area (Å²) in [6.45, 7) is 9.44. The molecule has 2 aliphatic heterocycles. The van der Waals surface area contributed by atoms with Crippen molar-refractivity contribution in [2.24, 2.45) is 10.9 Å². The summed E-state index contributed by atoms with van der Waals surface area (Å²) in [4.78, 5) is 36.4. The molecule has 3 heterocycles. The molecule has 0 aliphatic carbocycles. The van der Waals surface area contributed by atoms with E-state index in [0.717, 1.165) is 45.4 Å². The standard InChI is InChI=1S/C43H53N5O5/c1-31-37(42(49)51-3)39(35-23-18-24-36-40(35)46-53-45-36)38(32(2)44-31)43(50)52-30-17-9-7-5-4-6-8-16-25-47-26-28-48(29-27-47)41(33-19-12-10-13-20-33)34-21-14-11-15-22-34/h10-15,18-24,37,39,41H,4-9,16-17,25-30H2,1-3H3. The van der Waals surface area contributed by atoms with Gasteiger partial charge >= 0.3 is 11.9 Å². The van der Waals surface area contributed by atoms with Crippen LogP contribution < -0.4 is 0 Å². The number of fused-ring (bicyclic) bond motifs is 1. The first-order chi connectivity index (χ1) is 26.0. The molecule has 53 heavy (non-hydrogen) atoms. The third-order valence-electron chi connectivity index (χ3n) is 10.8. The average Bonchev–Trinajstić information content (AvgIpc) is 3.67. The van der Waals surface area contributed by atoms with Gasteiger partial charge in [-0.15, -0.1) is 0 Å². The summed E-state index contributed by atoms with van der Waals surface area (Å²) in [6, 6.07) is 27.5. The van der Waals surface area contributed by atoms with Crippen molar-refractivity contribution < 1.29 is 23.7 Å². The Morgan fingerprint density at radius 2 is 1.40 bits per heavy atom. The first-order valence-electron chi connectivity index (χ1n) is 19.2. The van der Waals surface area contributed by atoms with E-state index < -0.39 is 23.8 Å². The number of ether oxygens (including phenoxy) is 2. The minimum Gasteiger partial charge on any atom is -0.468 e. The molecule has 0 saturated carbocycles. The van der Waals surface area contributed by atoms with Crippen LogP contribution in [0, 0.1) is 5.92 Å². The van der Waals surface area contributed by atoms with E-state index in [9.17, 15) is 9.59 Å². The van der Waals surface area contributed by atoms with Crippen LogP contribution in [0.2, 0.25) is 0 Å². The highest BCUT2D eigenvalue weighted by molar-refractivity contribution is 6.07. The maximum absolute atomic E-state index is 13.6. The van der Waals surface area contributed by atoms with Crippen molar-refractivity contribution in [2.75, 3.05) is 46.4 Å². The van der Waals surface area contributed by atoms with Crippen LogP contribution in [0.1, 0.15) is 93.9 Å². The van der Waals surface area contributed by atoms with E-state index in [1.54, 1.807) is 19.9 Å². The predicted octanol–water partition coefficient (Wildman–Crippen LogP) is 7.92. The number of unbranched alkanes of at least 4 members (excludes halogenated alkanes) is 7. The minimum atomic E-state index is -0.795. The van der Waals surface area contributed by atoms with Gasteiger partial charge in [-0.05, 0) is 66.3 Å². The van der Waals surface area contributed by atoms with Crippen LogP contribution in [-0.2, 0) is 19.1 Å². The van der Waals surface area contributed by atoms with Gasteiger partial charge in [-0.2, -0.15) is 0 Å². The maximum Gasteiger partial charge on any atom is 0.336 e. The average molecular weight is 720 g/mol. The van der Waals surface area contributed by atoms with E-state index in [1.165, 1.54) is 56.9 Å². The molecule has 3 aromatic carbocycles. The second kappa shape index (κ2) is 18.9. The van der Waals surface area contributed by atoms with E-state index in [-0.39, 0.29) is 0 Å². The zero-order valence-corrected chi connectivity index (χ0v) is 31.4. The largest absolute Gasteiger partial charge is 0.468 e. The number of nitrogens with zero attached hydrogens (tertiary/aromatic N) is 5. The second-order valence-corrected chi connectivity index (χ2v) is 14.3. The number of carbonyl (C=O) groups is 2.